The van der Waals surface area contributed by atoms with Crippen molar-refractivity contribution in [2.24, 2.45) is 5.73 Å². The summed E-state index contributed by atoms with van der Waals surface area (Å²) in [6, 6.07) is 27.3. The molecule has 5 rings (SSSR count). The van der Waals surface area contributed by atoms with Crippen LogP contribution in [-0.2, 0) is 24.9 Å². The third kappa shape index (κ3) is 5.88. The van der Waals surface area contributed by atoms with Gasteiger partial charge in [-0.3, -0.25) is 4.79 Å². The van der Waals surface area contributed by atoms with Crippen LogP contribution < -0.4 is 5.73 Å². The van der Waals surface area contributed by atoms with E-state index in [1.165, 1.54) is 0 Å². The zero-order valence-corrected chi connectivity index (χ0v) is 22.2. The highest BCUT2D eigenvalue weighted by Gasteiger charge is 2.34. The number of nitrogens with two attached hydrogens (primary N) is 1. The fraction of sp³-hybridized carbons (Fsp3) is 0.200. The second-order valence-electron chi connectivity index (χ2n) is 9.52. The van der Waals surface area contributed by atoms with Crippen molar-refractivity contribution < 1.29 is 9.21 Å². The van der Waals surface area contributed by atoms with Crippen molar-refractivity contribution in [3.63, 3.8) is 0 Å². The number of carbonyl (C=O) groups is 1. The van der Waals surface area contributed by atoms with Crippen LogP contribution in [0.5, 0.6) is 0 Å². The van der Waals surface area contributed by atoms with Crippen molar-refractivity contribution in [1.82, 2.24) is 20.1 Å². The normalized spacial score (nSPS) is 11.4. The van der Waals surface area contributed by atoms with E-state index in [1.807, 2.05) is 85.1 Å². The Balaban J connectivity index is 1.40. The molecule has 0 aliphatic heterocycles. The minimum absolute atomic E-state index is 0.110. The van der Waals surface area contributed by atoms with Gasteiger partial charge < -0.3 is 15.1 Å². The molecular weight excluding hydrogens is 494 g/mol. The minimum Gasteiger partial charge on any atom is -0.419 e. The molecule has 1 amide bonds. The standard InChI is InChI=1S/C30H29N5O2S/c1-21-20-38-26(32-21)19-35(2)28(36)25-15-9-14-24(16-25)27-33-34-29(37-27)30(31,17-22-10-5-3-6-11-22)18-23-12-7-4-8-13-23/h3-16,20H,17-19,31H2,1-2H3. The van der Waals surface area contributed by atoms with Crippen LogP contribution in [-0.4, -0.2) is 33.0 Å². The van der Waals surface area contributed by atoms with E-state index in [9.17, 15) is 4.79 Å². The van der Waals surface area contributed by atoms with E-state index in [1.54, 1.807) is 35.4 Å². The molecule has 0 atom stereocenters. The summed E-state index contributed by atoms with van der Waals surface area (Å²) in [6.45, 7) is 2.39. The van der Waals surface area contributed by atoms with E-state index in [4.69, 9.17) is 10.2 Å². The highest BCUT2D eigenvalue weighted by atomic mass is 32.1. The summed E-state index contributed by atoms with van der Waals surface area (Å²) in [5.41, 5.74) is 10.4. The summed E-state index contributed by atoms with van der Waals surface area (Å²) in [5, 5.41) is 11.6. The van der Waals surface area contributed by atoms with Gasteiger partial charge in [0.15, 0.2) is 0 Å². The molecule has 5 aromatic rings. The number of aromatic nitrogens is 3. The number of thiazole rings is 1. The topological polar surface area (TPSA) is 98.1 Å². The Morgan fingerprint density at radius 2 is 1.61 bits per heavy atom. The molecule has 0 saturated heterocycles. The summed E-state index contributed by atoms with van der Waals surface area (Å²) in [6.07, 6.45) is 1.06. The lowest BCUT2D eigenvalue weighted by Crippen LogP contribution is -2.41. The van der Waals surface area contributed by atoms with Crippen LogP contribution in [0.4, 0.5) is 0 Å². The van der Waals surface area contributed by atoms with Crippen molar-refractivity contribution in [2.45, 2.75) is 31.8 Å². The number of aryl methyl sites for hydroxylation is 1. The Hall–Kier alpha value is -4.14. The molecule has 0 spiro atoms. The van der Waals surface area contributed by atoms with E-state index in [0.29, 0.717) is 42.3 Å². The first-order chi connectivity index (χ1) is 18.4. The number of amides is 1. The molecule has 0 aliphatic rings. The number of nitrogens with zero attached hydrogens (tertiary/aromatic N) is 4. The second-order valence-corrected chi connectivity index (χ2v) is 10.5. The lowest BCUT2D eigenvalue weighted by atomic mass is 9.85. The highest BCUT2D eigenvalue weighted by Crippen LogP contribution is 2.30. The van der Waals surface area contributed by atoms with Crippen molar-refractivity contribution in [3.05, 3.63) is 124 Å². The molecule has 192 valence electrons. The van der Waals surface area contributed by atoms with Gasteiger partial charge >= 0.3 is 0 Å². The predicted octanol–water partition coefficient (Wildman–Crippen LogP) is 5.41. The van der Waals surface area contributed by atoms with Gasteiger partial charge in [0, 0.05) is 29.2 Å². The Labute approximate surface area is 226 Å². The SMILES string of the molecule is Cc1csc(CN(C)C(=O)c2cccc(-c3nnc(C(N)(Cc4ccccc4)Cc4ccccc4)o3)c2)n1. The van der Waals surface area contributed by atoms with Gasteiger partial charge in [0.25, 0.3) is 5.91 Å². The van der Waals surface area contributed by atoms with Gasteiger partial charge in [0.2, 0.25) is 11.8 Å². The quantitative estimate of drug-likeness (QED) is 0.277. The average molecular weight is 524 g/mol. The van der Waals surface area contributed by atoms with Gasteiger partial charge in [-0.2, -0.15) is 0 Å². The summed E-state index contributed by atoms with van der Waals surface area (Å²) < 4.78 is 6.19. The lowest BCUT2D eigenvalue weighted by molar-refractivity contribution is 0.0785. The molecule has 38 heavy (non-hydrogen) atoms. The van der Waals surface area contributed by atoms with Crippen LogP contribution in [0.25, 0.3) is 11.5 Å². The average Bonchev–Trinajstić information content (AvgIpc) is 3.59. The van der Waals surface area contributed by atoms with E-state index < -0.39 is 5.54 Å². The van der Waals surface area contributed by atoms with Crippen molar-refractivity contribution in [2.75, 3.05) is 7.05 Å². The van der Waals surface area contributed by atoms with Crippen LogP contribution in [0.1, 0.15) is 38.1 Å². The van der Waals surface area contributed by atoms with Crippen molar-refractivity contribution in [1.29, 1.82) is 0 Å². The van der Waals surface area contributed by atoms with E-state index in [0.717, 1.165) is 21.8 Å². The first kappa shape index (κ1) is 25.5. The summed E-state index contributed by atoms with van der Waals surface area (Å²) in [4.78, 5) is 19.2. The summed E-state index contributed by atoms with van der Waals surface area (Å²) in [5.74, 6) is 0.567. The Bertz CT molecular complexity index is 1470. The Morgan fingerprint density at radius 1 is 0.947 bits per heavy atom. The first-order valence-corrected chi connectivity index (χ1v) is 13.3. The van der Waals surface area contributed by atoms with Crippen LogP contribution in [0, 0.1) is 6.92 Å². The van der Waals surface area contributed by atoms with Crippen LogP contribution in [0.2, 0.25) is 0 Å². The number of carbonyl (C=O) groups excluding carboxylic acids is 1. The molecule has 0 aliphatic carbocycles. The number of hydrogen-bond donors (Lipinski definition) is 1. The predicted molar refractivity (Wildman–Crippen MR) is 149 cm³/mol. The largest absolute Gasteiger partial charge is 0.419 e. The highest BCUT2D eigenvalue weighted by molar-refractivity contribution is 7.09. The molecule has 8 heteroatoms. The third-order valence-corrected chi connectivity index (χ3v) is 7.27. The molecule has 3 aromatic carbocycles. The van der Waals surface area contributed by atoms with Gasteiger partial charge in [-0.15, -0.1) is 21.5 Å². The smallest absolute Gasteiger partial charge is 0.253 e. The monoisotopic (exact) mass is 523 g/mol. The van der Waals surface area contributed by atoms with E-state index >= 15 is 0 Å². The molecule has 0 fully saturated rings. The van der Waals surface area contributed by atoms with Crippen molar-refractivity contribution in [3.8, 4) is 11.5 Å². The summed E-state index contributed by atoms with van der Waals surface area (Å²) in [7, 11) is 1.77. The maximum Gasteiger partial charge on any atom is 0.253 e. The Kier molecular flexibility index (Phi) is 7.44. The number of hydrogen-bond acceptors (Lipinski definition) is 7. The Morgan fingerprint density at radius 3 is 2.21 bits per heavy atom. The van der Waals surface area contributed by atoms with E-state index in [2.05, 4.69) is 15.2 Å². The van der Waals surface area contributed by atoms with Gasteiger partial charge in [-0.1, -0.05) is 66.7 Å². The summed E-state index contributed by atoms with van der Waals surface area (Å²) >= 11 is 1.55. The maximum absolute atomic E-state index is 13.1. The van der Waals surface area contributed by atoms with Gasteiger partial charge in [-0.05, 0) is 49.1 Å². The second kappa shape index (κ2) is 11.1. The molecule has 0 saturated carbocycles. The fourth-order valence-electron chi connectivity index (χ4n) is 4.43. The fourth-order valence-corrected chi connectivity index (χ4v) is 5.25. The lowest BCUT2D eigenvalue weighted by Gasteiger charge is -2.26. The van der Waals surface area contributed by atoms with Gasteiger partial charge in [0.05, 0.1) is 6.54 Å². The first-order valence-electron chi connectivity index (χ1n) is 12.4. The molecule has 0 radical (unpaired) electrons. The third-order valence-electron chi connectivity index (χ3n) is 6.32. The van der Waals surface area contributed by atoms with Crippen molar-refractivity contribution >= 4 is 17.2 Å². The zero-order chi connectivity index (χ0) is 26.5. The minimum atomic E-state index is -0.909. The van der Waals surface area contributed by atoms with E-state index in [-0.39, 0.29) is 5.91 Å². The molecule has 7 nitrogen and oxygen atoms in total. The molecular formula is C30H29N5O2S. The zero-order valence-electron chi connectivity index (χ0n) is 21.4. The maximum atomic E-state index is 13.1. The van der Waals surface area contributed by atoms with Crippen LogP contribution >= 0.6 is 11.3 Å². The molecule has 2 heterocycles. The number of benzene rings is 3. The number of rotatable bonds is 9. The van der Waals surface area contributed by atoms with Crippen LogP contribution in [0.3, 0.4) is 0 Å². The molecule has 2 aromatic heterocycles. The molecule has 0 unspecified atom stereocenters. The van der Waals surface area contributed by atoms with Gasteiger partial charge in [0.1, 0.15) is 10.5 Å². The van der Waals surface area contributed by atoms with Crippen LogP contribution in [0.15, 0.2) is 94.7 Å². The van der Waals surface area contributed by atoms with Gasteiger partial charge in [-0.25, -0.2) is 4.98 Å². The molecule has 0 bridgehead atoms. The molecule has 2 N–H and O–H groups in total.